The number of alkyl carbamates (subject to hydrolysis) is 1. The highest BCUT2D eigenvalue weighted by atomic mass is 32.2. The molecule has 8 nitrogen and oxygen atoms in total. The topological polar surface area (TPSA) is 125 Å². The zero-order chi connectivity index (χ0) is 28.1. The van der Waals surface area contributed by atoms with Gasteiger partial charge in [0.1, 0.15) is 17.5 Å². The van der Waals surface area contributed by atoms with E-state index in [2.05, 4.69) is 29.6 Å². The van der Waals surface area contributed by atoms with Gasteiger partial charge in [0.25, 0.3) is 0 Å². The van der Waals surface area contributed by atoms with E-state index in [0.717, 1.165) is 22.3 Å². The number of benzene rings is 4. The van der Waals surface area contributed by atoms with Gasteiger partial charge in [0, 0.05) is 17.8 Å². The molecule has 0 saturated heterocycles. The van der Waals surface area contributed by atoms with Crippen molar-refractivity contribution < 1.29 is 26.9 Å². The molecule has 1 amide bonds. The fourth-order valence-electron chi connectivity index (χ4n) is 5.08. The summed E-state index contributed by atoms with van der Waals surface area (Å²) in [6.45, 7) is 0.550. The lowest BCUT2D eigenvalue weighted by Gasteiger charge is -2.15. The minimum Gasteiger partial charge on any atom is -0.449 e. The SMILES string of the molecule is N[C@@H](CCCCNC(=O)OCC1c2ccccc2-c2ccccc21)C(=O)OS(=O)(=O)c1cccc2ccccc12. The molecule has 4 aromatic rings. The van der Waals surface area contributed by atoms with Crippen LogP contribution in [0.4, 0.5) is 4.79 Å². The van der Waals surface area contributed by atoms with Crippen molar-refractivity contribution in [2.24, 2.45) is 5.73 Å². The summed E-state index contributed by atoms with van der Waals surface area (Å²) < 4.78 is 35.8. The van der Waals surface area contributed by atoms with Crippen molar-refractivity contribution in [3.63, 3.8) is 0 Å². The largest absolute Gasteiger partial charge is 0.449 e. The molecule has 9 heteroatoms. The minimum atomic E-state index is -4.33. The fraction of sp³-hybridized carbons (Fsp3) is 0.226. The van der Waals surface area contributed by atoms with E-state index in [1.807, 2.05) is 24.3 Å². The number of unbranched alkanes of at least 4 members (excludes halogenated alkanes) is 1. The summed E-state index contributed by atoms with van der Waals surface area (Å²) >= 11 is 0. The molecule has 0 aliphatic heterocycles. The van der Waals surface area contributed by atoms with Gasteiger partial charge in [-0.05, 0) is 53.0 Å². The van der Waals surface area contributed by atoms with Crippen LogP contribution in [-0.2, 0) is 23.8 Å². The van der Waals surface area contributed by atoms with Gasteiger partial charge < -0.3 is 20.0 Å². The van der Waals surface area contributed by atoms with Crippen LogP contribution in [0.2, 0.25) is 0 Å². The first-order chi connectivity index (χ1) is 19.3. The predicted molar refractivity (Wildman–Crippen MR) is 152 cm³/mol. The van der Waals surface area contributed by atoms with E-state index >= 15 is 0 Å². The van der Waals surface area contributed by atoms with Crippen LogP contribution in [0.25, 0.3) is 21.9 Å². The van der Waals surface area contributed by atoms with Crippen LogP contribution in [-0.4, -0.2) is 39.7 Å². The Morgan fingerprint density at radius 1 is 0.825 bits per heavy atom. The Bertz CT molecular complexity index is 1600. The maximum atomic E-state index is 12.7. The number of hydrogen-bond donors (Lipinski definition) is 2. The van der Waals surface area contributed by atoms with E-state index in [-0.39, 0.29) is 23.8 Å². The second kappa shape index (κ2) is 11.9. The first-order valence-electron chi connectivity index (χ1n) is 13.2. The van der Waals surface area contributed by atoms with E-state index in [1.165, 1.54) is 6.07 Å². The second-order valence-electron chi connectivity index (χ2n) is 9.69. The van der Waals surface area contributed by atoms with Crippen molar-refractivity contribution >= 4 is 33.0 Å². The molecule has 0 heterocycles. The van der Waals surface area contributed by atoms with E-state index in [1.54, 1.807) is 36.4 Å². The zero-order valence-electron chi connectivity index (χ0n) is 21.8. The van der Waals surface area contributed by atoms with Crippen molar-refractivity contribution in [3.8, 4) is 11.1 Å². The van der Waals surface area contributed by atoms with Crippen LogP contribution in [0.5, 0.6) is 0 Å². The summed E-state index contributed by atoms with van der Waals surface area (Å²) in [5.41, 5.74) is 10.5. The molecule has 1 aliphatic rings. The van der Waals surface area contributed by atoms with E-state index in [4.69, 9.17) is 14.7 Å². The van der Waals surface area contributed by atoms with Crippen molar-refractivity contribution in [2.45, 2.75) is 36.1 Å². The van der Waals surface area contributed by atoms with Crippen molar-refractivity contribution in [2.75, 3.05) is 13.2 Å². The van der Waals surface area contributed by atoms with Gasteiger partial charge >= 0.3 is 22.2 Å². The molecule has 0 unspecified atom stereocenters. The Hall–Kier alpha value is -4.21. The summed E-state index contributed by atoms with van der Waals surface area (Å²) in [5, 5.41) is 3.90. The summed E-state index contributed by atoms with van der Waals surface area (Å²) in [6, 6.07) is 26.8. The lowest BCUT2D eigenvalue weighted by atomic mass is 9.98. The normalized spacial score (nSPS) is 13.3. The number of nitrogens with one attached hydrogen (secondary N) is 1. The molecular formula is C31H30N2O6S. The second-order valence-corrected chi connectivity index (χ2v) is 11.2. The molecule has 40 heavy (non-hydrogen) atoms. The molecule has 3 N–H and O–H groups in total. The number of fused-ring (bicyclic) bond motifs is 4. The van der Waals surface area contributed by atoms with E-state index in [0.29, 0.717) is 30.2 Å². The van der Waals surface area contributed by atoms with Crippen LogP contribution in [0, 0.1) is 0 Å². The highest BCUT2D eigenvalue weighted by Crippen LogP contribution is 2.44. The van der Waals surface area contributed by atoms with Gasteiger partial charge in [-0.1, -0.05) is 84.9 Å². The summed E-state index contributed by atoms with van der Waals surface area (Å²) in [5.74, 6) is -1.04. The maximum Gasteiger partial charge on any atom is 0.407 e. The van der Waals surface area contributed by atoms with Crippen LogP contribution < -0.4 is 11.1 Å². The highest BCUT2D eigenvalue weighted by Gasteiger charge is 2.29. The van der Waals surface area contributed by atoms with Gasteiger partial charge in [-0.3, -0.25) is 0 Å². The molecule has 0 fully saturated rings. The third-order valence-corrected chi connectivity index (χ3v) is 8.35. The maximum absolute atomic E-state index is 12.7. The Kier molecular flexibility index (Phi) is 8.14. The molecule has 206 valence electrons. The monoisotopic (exact) mass is 558 g/mol. The van der Waals surface area contributed by atoms with Crippen LogP contribution >= 0.6 is 0 Å². The molecule has 0 saturated carbocycles. The van der Waals surface area contributed by atoms with Crippen molar-refractivity contribution in [3.05, 3.63) is 102 Å². The van der Waals surface area contributed by atoms with Gasteiger partial charge in [0.2, 0.25) is 0 Å². The van der Waals surface area contributed by atoms with Gasteiger partial charge in [0.15, 0.2) is 0 Å². The van der Waals surface area contributed by atoms with Gasteiger partial charge in [-0.2, -0.15) is 8.42 Å². The summed E-state index contributed by atoms with van der Waals surface area (Å²) in [4.78, 5) is 24.6. The summed E-state index contributed by atoms with van der Waals surface area (Å²) in [6.07, 6.45) is 0.693. The predicted octanol–water partition coefficient (Wildman–Crippen LogP) is 5.11. The zero-order valence-corrected chi connectivity index (χ0v) is 22.6. The first kappa shape index (κ1) is 27.4. The molecule has 1 aliphatic carbocycles. The Morgan fingerprint density at radius 2 is 1.45 bits per heavy atom. The quantitative estimate of drug-likeness (QED) is 0.205. The average molecular weight is 559 g/mol. The van der Waals surface area contributed by atoms with Crippen LogP contribution in [0.15, 0.2) is 95.9 Å². The Morgan fingerprint density at radius 3 is 2.17 bits per heavy atom. The van der Waals surface area contributed by atoms with Gasteiger partial charge in [-0.15, -0.1) is 0 Å². The highest BCUT2D eigenvalue weighted by molar-refractivity contribution is 7.87. The standard InChI is InChI=1S/C31H30N2O6S/c32-28(30(34)39-40(36,37)29-18-9-11-21-10-1-2-12-22(21)29)17-7-8-19-33-31(35)38-20-27-25-15-5-3-13-23(25)24-14-4-6-16-26(24)27/h1-6,9-16,18,27-28H,7-8,17,19-20,32H2,(H,33,35)/t28-/m0/s1. The number of nitrogens with two attached hydrogens (primary N) is 1. The third-order valence-electron chi connectivity index (χ3n) is 7.07. The number of carbonyl (C=O) groups is 2. The number of carbonyl (C=O) groups excluding carboxylic acids is 2. The number of hydrogen-bond acceptors (Lipinski definition) is 7. The molecule has 0 radical (unpaired) electrons. The number of ether oxygens (including phenoxy) is 1. The smallest absolute Gasteiger partial charge is 0.407 e. The van der Waals surface area contributed by atoms with E-state index in [9.17, 15) is 18.0 Å². The van der Waals surface area contributed by atoms with Gasteiger partial charge in [0.05, 0.1) is 0 Å². The van der Waals surface area contributed by atoms with Crippen LogP contribution in [0.1, 0.15) is 36.3 Å². The molecular weight excluding hydrogens is 528 g/mol. The first-order valence-corrected chi connectivity index (χ1v) is 14.6. The lowest BCUT2D eigenvalue weighted by Crippen LogP contribution is -2.34. The number of amides is 1. The van der Waals surface area contributed by atoms with Gasteiger partial charge in [-0.25, -0.2) is 9.59 Å². The Balaban J connectivity index is 1.05. The minimum absolute atomic E-state index is 0.0210. The summed E-state index contributed by atoms with van der Waals surface area (Å²) in [7, 11) is -4.33. The molecule has 0 spiro atoms. The lowest BCUT2D eigenvalue weighted by molar-refractivity contribution is -0.135. The third kappa shape index (κ3) is 5.85. The molecule has 4 aromatic carbocycles. The molecule has 0 aromatic heterocycles. The average Bonchev–Trinajstić information content (AvgIpc) is 3.28. The molecule has 5 rings (SSSR count). The van der Waals surface area contributed by atoms with Crippen LogP contribution in [0.3, 0.4) is 0 Å². The molecule has 0 bridgehead atoms. The van der Waals surface area contributed by atoms with Crippen molar-refractivity contribution in [1.82, 2.24) is 5.32 Å². The van der Waals surface area contributed by atoms with E-state index < -0.39 is 28.2 Å². The molecule has 1 atom stereocenters. The van der Waals surface area contributed by atoms with Crippen molar-refractivity contribution in [1.29, 1.82) is 0 Å². The number of rotatable bonds is 10. The Labute approximate surface area is 233 Å². The fourth-order valence-corrected chi connectivity index (χ4v) is 6.21.